The zero-order valence-corrected chi connectivity index (χ0v) is 12.7. The van der Waals surface area contributed by atoms with Crippen molar-refractivity contribution in [3.63, 3.8) is 0 Å². The topological polar surface area (TPSA) is 39.1 Å². The summed E-state index contributed by atoms with van der Waals surface area (Å²) < 4.78 is 7.56. The van der Waals surface area contributed by atoms with Gasteiger partial charge in [0.25, 0.3) is 0 Å². The summed E-state index contributed by atoms with van der Waals surface area (Å²) in [5.41, 5.74) is 1.01. The van der Waals surface area contributed by atoms with Gasteiger partial charge >= 0.3 is 0 Å². The van der Waals surface area contributed by atoms with E-state index >= 15 is 0 Å². The number of nitrogens with one attached hydrogen (secondary N) is 1. The largest absolute Gasteiger partial charge is 0.379 e. The minimum absolute atomic E-state index is 0.0624. The van der Waals surface area contributed by atoms with E-state index < -0.39 is 0 Å². The van der Waals surface area contributed by atoms with Crippen molar-refractivity contribution in [2.75, 3.05) is 14.2 Å². The molecule has 0 aliphatic carbocycles. The Kier molecular flexibility index (Phi) is 6.12. The van der Waals surface area contributed by atoms with Crippen LogP contribution >= 0.6 is 11.6 Å². The molecule has 0 aromatic carbocycles. The van der Waals surface area contributed by atoms with E-state index in [1.54, 1.807) is 13.3 Å². The second-order valence-corrected chi connectivity index (χ2v) is 5.15. The van der Waals surface area contributed by atoms with Gasteiger partial charge in [-0.2, -0.15) is 5.10 Å². The fraction of sp³-hybridized carbons (Fsp3) is 0.769. The highest BCUT2D eigenvalue weighted by atomic mass is 35.5. The number of hydrogen-bond donors (Lipinski definition) is 1. The maximum Gasteiger partial charge on any atom is 0.0835 e. The van der Waals surface area contributed by atoms with Crippen LogP contribution in [0.25, 0.3) is 0 Å². The smallest absolute Gasteiger partial charge is 0.0835 e. The average Bonchev–Trinajstić information content (AvgIpc) is 2.71. The van der Waals surface area contributed by atoms with Gasteiger partial charge in [0.05, 0.1) is 29.1 Å². The number of aromatic nitrogens is 2. The monoisotopic (exact) mass is 273 g/mol. The normalized spacial score (nSPS) is 15.1. The highest BCUT2D eigenvalue weighted by molar-refractivity contribution is 6.31. The van der Waals surface area contributed by atoms with Crippen molar-refractivity contribution in [3.8, 4) is 0 Å². The molecule has 4 nitrogen and oxygen atoms in total. The third kappa shape index (κ3) is 3.25. The Morgan fingerprint density at radius 1 is 1.50 bits per heavy atom. The first-order chi connectivity index (χ1) is 8.56. The van der Waals surface area contributed by atoms with Gasteiger partial charge in [0.2, 0.25) is 0 Å². The van der Waals surface area contributed by atoms with Gasteiger partial charge in [-0.05, 0) is 27.3 Å². The molecule has 2 unspecified atom stereocenters. The zero-order chi connectivity index (χ0) is 13.7. The molecule has 1 heterocycles. The van der Waals surface area contributed by atoms with E-state index in [4.69, 9.17) is 16.3 Å². The van der Waals surface area contributed by atoms with Gasteiger partial charge < -0.3 is 10.1 Å². The van der Waals surface area contributed by atoms with Crippen molar-refractivity contribution in [1.82, 2.24) is 15.1 Å². The molecule has 1 aromatic rings. The molecule has 5 heteroatoms. The van der Waals surface area contributed by atoms with Gasteiger partial charge in [0.15, 0.2) is 0 Å². The van der Waals surface area contributed by atoms with Crippen LogP contribution in [0.15, 0.2) is 6.20 Å². The van der Waals surface area contributed by atoms with Crippen molar-refractivity contribution < 1.29 is 4.74 Å². The van der Waals surface area contributed by atoms with Gasteiger partial charge in [-0.15, -0.1) is 0 Å². The molecule has 0 saturated carbocycles. The molecule has 1 aromatic heterocycles. The Morgan fingerprint density at radius 3 is 2.61 bits per heavy atom. The van der Waals surface area contributed by atoms with Crippen LogP contribution in [0.4, 0.5) is 0 Å². The second kappa shape index (κ2) is 7.12. The van der Waals surface area contributed by atoms with Crippen molar-refractivity contribution in [2.45, 2.75) is 51.8 Å². The van der Waals surface area contributed by atoms with Crippen LogP contribution in [-0.4, -0.2) is 30.0 Å². The molecule has 0 aliphatic rings. The number of likely N-dealkylation sites (N-methyl/N-ethyl adjacent to an activating group) is 1. The summed E-state index contributed by atoms with van der Waals surface area (Å²) >= 11 is 6.28. The van der Waals surface area contributed by atoms with Crippen molar-refractivity contribution in [1.29, 1.82) is 0 Å². The summed E-state index contributed by atoms with van der Waals surface area (Å²) in [6.07, 6.45) is 3.87. The first-order valence-electron chi connectivity index (χ1n) is 6.49. The van der Waals surface area contributed by atoms with Gasteiger partial charge in [0.1, 0.15) is 0 Å². The molecule has 0 saturated heterocycles. The van der Waals surface area contributed by atoms with Gasteiger partial charge in [0, 0.05) is 13.2 Å². The molecule has 0 fully saturated rings. The van der Waals surface area contributed by atoms with Crippen molar-refractivity contribution >= 4 is 11.6 Å². The molecule has 1 rings (SSSR count). The van der Waals surface area contributed by atoms with E-state index in [0.29, 0.717) is 5.02 Å². The summed E-state index contributed by atoms with van der Waals surface area (Å²) in [6.45, 7) is 6.35. The van der Waals surface area contributed by atoms with Crippen LogP contribution < -0.4 is 5.32 Å². The Hall–Kier alpha value is -0.580. The molecule has 2 atom stereocenters. The lowest BCUT2D eigenvalue weighted by molar-refractivity contribution is 0.0599. The first kappa shape index (κ1) is 15.5. The SMILES string of the molecule is CCCC(OC)C(NC)c1c(Cl)cnn1C(C)C. The molecule has 104 valence electrons. The van der Waals surface area contributed by atoms with Crippen LogP contribution in [0.1, 0.15) is 51.4 Å². The molecule has 0 aliphatic heterocycles. The maximum atomic E-state index is 6.28. The van der Waals surface area contributed by atoms with Crippen LogP contribution in [-0.2, 0) is 4.74 Å². The number of halogens is 1. The van der Waals surface area contributed by atoms with Crippen LogP contribution in [0.5, 0.6) is 0 Å². The first-order valence-corrected chi connectivity index (χ1v) is 6.87. The predicted octanol–water partition coefficient (Wildman–Crippen LogP) is 3.19. The highest BCUT2D eigenvalue weighted by Crippen LogP contribution is 2.30. The fourth-order valence-electron chi connectivity index (χ4n) is 2.26. The van der Waals surface area contributed by atoms with Crippen LogP contribution in [0, 0.1) is 0 Å². The van der Waals surface area contributed by atoms with Gasteiger partial charge in [-0.3, -0.25) is 4.68 Å². The quantitative estimate of drug-likeness (QED) is 0.829. The number of rotatable bonds is 7. The van der Waals surface area contributed by atoms with E-state index in [0.717, 1.165) is 18.5 Å². The van der Waals surface area contributed by atoms with E-state index in [2.05, 4.69) is 31.2 Å². The Bertz CT molecular complexity index is 365. The Labute approximate surface area is 115 Å². The Balaban J connectivity index is 3.10. The van der Waals surface area contributed by atoms with Gasteiger partial charge in [-0.25, -0.2) is 0 Å². The minimum atomic E-state index is 0.0624. The van der Waals surface area contributed by atoms with E-state index in [1.807, 2.05) is 11.7 Å². The molecular formula is C13H24ClN3O. The molecule has 0 bridgehead atoms. The number of nitrogens with zero attached hydrogens (tertiary/aromatic N) is 2. The van der Waals surface area contributed by atoms with Crippen molar-refractivity contribution in [3.05, 3.63) is 16.9 Å². The van der Waals surface area contributed by atoms with Crippen molar-refractivity contribution in [2.24, 2.45) is 0 Å². The lowest BCUT2D eigenvalue weighted by Gasteiger charge is -2.27. The number of methoxy groups -OCH3 is 1. The molecule has 1 N–H and O–H groups in total. The van der Waals surface area contributed by atoms with E-state index in [-0.39, 0.29) is 18.2 Å². The molecule has 18 heavy (non-hydrogen) atoms. The third-order valence-corrected chi connectivity index (χ3v) is 3.42. The molecule has 0 radical (unpaired) electrons. The van der Waals surface area contributed by atoms with E-state index in [9.17, 15) is 0 Å². The summed E-state index contributed by atoms with van der Waals surface area (Å²) in [7, 11) is 3.68. The summed E-state index contributed by atoms with van der Waals surface area (Å²) in [5.74, 6) is 0. The lowest BCUT2D eigenvalue weighted by atomic mass is 10.0. The second-order valence-electron chi connectivity index (χ2n) is 4.75. The van der Waals surface area contributed by atoms with Crippen LogP contribution in [0.3, 0.4) is 0 Å². The zero-order valence-electron chi connectivity index (χ0n) is 11.9. The molecule has 0 spiro atoms. The highest BCUT2D eigenvalue weighted by Gasteiger charge is 2.27. The summed E-state index contributed by atoms with van der Waals surface area (Å²) in [6, 6.07) is 0.342. The summed E-state index contributed by atoms with van der Waals surface area (Å²) in [4.78, 5) is 0. The maximum absolute atomic E-state index is 6.28. The number of ether oxygens (including phenoxy) is 1. The van der Waals surface area contributed by atoms with Crippen LogP contribution in [0.2, 0.25) is 5.02 Å². The van der Waals surface area contributed by atoms with E-state index in [1.165, 1.54) is 0 Å². The van der Waals surface area contributed by atoms with Gasteiger partial charge in [-0.1, -0.05) is 24.9 Å². The average molecular weight is 274 g/mol. The third-order valence-electron chi connectivity index (χ3n) is 3.13. The Morgan fingerprint density at radius 2 is 2.17 bits per heavy atom. The lowest BCUT2D eigenvalue weighted by Crippen LogP contribution is -2.33. The minimum Gasteiger partial charge on any atom is -0.379 e. The molecule has 0 amide bonds. The summed E-state index contributed by atoms with van der Waals surface area (Å²) in [5, 5.41) is 8.35. The standard InChI is InChI=1S/C13H24ClN3O/c1-6-7-11(18-5)12(15-4)13-10(14)8-16-17(13)9(2)3/h8-9,11-12,15H,6-7H2,1-5H3. The predicted molar refractivity (Wildman–Crippen MR) is 75.1 cm³/mol. The molecular weight excluding hydrogens is 250 g/mol. The fourth-order valence-corrected chi connectivity index (χ4v) is 2.50. The number of hydrogen-bond acceptors (Lipinski definition) is 3.